The van der Waals surface area contributed by atoms with E-state index in [1.54, 1.807) is 4.90 Å². The van der Waals surface area contributed by atoms with Crippen LogP contribution in [0, 0.1) is 5.92 Å². The molecular weight excluding hydrogens is 232 g/mol. The molecular formula is C13H22N2O3. The van der Waals surface area contributed by atoms with Crippen LogP contribution in [0.1, 0.15) is 45.4 Å². The van der Waals surface area contributed by atoms with Gasteiger partial charge in [0.1, 0.15) is 0 Å². The summed E-state index contributed by atoms with van der Waals surface area (Å²) in [4.78, 5) is 24.6. The van der Waals surface area contributed by atoms with Crippen molar-refractivity contribution in [3.63, 3.8) is 0 Å². The Morgan fingerprint density at radius 1 is 1.28 bits per heavy atom. The van der Waals surface area contributed by atoms with E-state index in [9.17, 15) is 9.59 Å². The van der Waals surface area contributed by atoms with E-state index in [0.717, 1.165) is 19.3 Å². The van der Waals surface area contributed by atoms with Gasteiger partial charge in [0, 0.05) is 18.6 Å². The number of hydrogen-bond donors (Lipinski definition) is 2. The molecule has 0 radical (unpaired) electrons. The summed E-state index contributed by atoms with van der Waals surface area (Å²) in [7, 11) is 0. The minimum atomic E-state index is -0.825. The molecule has 2 amide bonds. The third kappa shape index (κ3) is 2.94. The van der Waals surface area contributed by atoms with Gasteiger partial charge in [-0.2, -0.15) is 0 Å². The second-order valence-corrected chi connectivity index (χ2v) is 5.55. The number of carbonyl (C=O) groups is 2. The van der Waals surface area contributed by atoms with Gasteiger partial charge in [-0.1, -0.05) is 13.3 Å². The van der Waals surface area contributed by atoms with Crippen LogP contribution in [-0.4, -0.2) is 40.6 Å². The van der Waals surface area contributed by atoms with Crippen LogP contribution in [0.25, 0.3) is 0 Å². The third-order valence-electron chi connectivity index (χ3n) is 4.22. The first-order chi connectivity index (χ1) is 8.58. The Kier molecular flexibility index (Phi) is 4.09. The molecule has 0 aromatic rings. The predicted octanol–water partition coefficient (Wildman–Crippen LogP) is 1.82. The number of carbonyl (C=O) groups excluding carboxylic acids is 1. The summed E-state index contributed by atoms with van der Waals surface area (Å²) in [5.41, 5.74) is 0. The summed E-state index contributed by atoms with van der Waals surface area (Å²) < 4.78 is 0. The molecule has 1 aliphatic carbocycles. The van der Waals surface area contributed by atoms with Crippen LogP contribution < -0.4 is 5.32 Å². The van der Waals surface area contributed by atoms with E-state index >= 15 is 0 Å². The Morgan fingerprint density at radius 2 is 2.06 bits per heavy atom. The van der Waals surface area contributed by atoms with Crippen LogP contribution in [0.15, 0.2) is 0 Å². The number of nitrogens with one attached hydrogen (secondary N) is 1. The SMILES string of the molecule is CC1CCCC1NC(=O)N1CCCC1CC(=O)O. The Labute approximate surface area is 108 Å². The molecule has 1 aliphatic heterocycles. The summed E-state index contributed by atoms with van der Waals surface area (Å²) in [6.45, 7) is 2.85. The maximum Gasteiger partial charge on any atom is 0.317 e. The molecule has 0 aromatic carbocycles. The summed E-state index contributed by atoms with van der Waals surface area (Å²) >= 11 is 0. The average Bonchev–Trinajstić information content (AvgIpc) is 2.88. The van der Waals surface area contributed by atoms with E-state index in [0.29, 0.717) is 12.5 Å². The van der Waals surface area contributed by atoms with E-state index in [2.05, 4.69) is 12.2 Å². The third-order valence-corrected chi connectivity index (χ3v) is 4.22. The van der Waals surface area contributed by atoms with Gasteiger partial charge < -0.3 is 15.3 Å². The minimum absolute atomic E-state index is 0.0631. The van der Waals surface area contributed by atoms with Crippen LogP contribution in [0.3, 0.4) is 0 Å². The molecule has 1 saturated heterocycles. The van der Waals surface area contributed by atoms with Gasteiger partial charge >= 0.3 is 12.0 Å². The van der Waals surface area contributed by atoms with Crippen molar-refractivity contribution in [3.05, 3.63) is 0 Å². The largest absolute Gasteiger partial charge is 0.481 e. The Balaban J connectivity index is 1.89. The topological polar surface area (TPSA) is 69.6 Å². The molecule has 18 heavy (non-hydrogen) atoms. The molecule has 2 N–H and O–H groups in total. The highest BCUT2D eigenvalue weighted by atomic mass is 16.4. The van der Waals surface area contributed by atoms with Crippen molar-refractivity contribution in [2.24, 2.45) is 5.92 Å². The van der Waals surface area contributed by atoms with Gasteiger partial charge in [-0.05, 0) is 31.6 Å². The van der Waals surface area contributed by atoms with Crippen molar-refractivity contribution < 1.29 is 14.7 Å². The fraction of sp³-hybridized carbons (Fsp3) is 0.846. The Hall–Kier alpha value is -1.26. The van der Waals surface area contributed by atoms with Crippen molar-refractivity contribution >= 4 is 12.0 Å². The van der Waals surface area contributed by atoms with Crippen molar-refractivity contribution in [2.45, 2.75) is 57.5 Å². The van der Waals surface area contributed by atoms with Crippen molar-refractivity contribution in [1.29, 1.82) is 0 Å². The van der Waals surface area contributed by atoms with Gasteiger partial charge in [0.25, 0.3) is 0 Å². The summed E-state index contributed by atoms with van der Waals surface area (Å²) in [5.74, 6) is -0.289. The van der Waals surface area contributed by atoms with Gasteiger partial charge in [-0.3, -0.25) is 4.79 Å². The minimum Gasteiger partial charge on any atom is -0.481 e. The maximum atomic E-state index is 12.2. The van der Waals surface area contributed by atoms with Crippen LogP contribution in [-0.2, 0) is 4.79 Å². The molecule has 1 saturated carbocycles. The fourth-order valence-electron chi connectivity index (χ4n) is 3.12. The van der Waals surface area contributed by atoms with Crippen LogP contribution >= 0.6 is 0 Å². The van der Waals surface area contributed by atoms with Gasteiger partial charge in [-0.15, -0.1) is 0 Å². The zero-order chi connectivity index (χ0) is 13.1. The standard InChI is InChI=1S/C13H22N2O3/c1-9-4-2-6-11(9)14-13(18)15-7-3-5-10(15)8-12(16)17/h9-11H,2-8H2,1H3,(H,14,18)(H,16,17). The van der Waals surface area contributed by atoms with E-state index in [-0.39, 0.29) is 24.5 Å². The molecule has 2 rings (SSSR count). The number of nitrogens with zero attached hydrogens (tertiary/aromatic N) is 1. The molecule has 0 aromatic heterocycles. The first kappa shape index (κ1) is 13.2. The zero-order valence-electron chi connectivity index (χ0n) is 10.9. The van der Waals surface area contributed by atoms with E-state index in [1.807, 2.05) is 0 Å². The number of rotatable bonds is 3. The fourth-order valence-corrected chi connectivity index (χ4v) is 3.12. The van der Waals surface area contributed by atoms with Crippen molar-refractivity contribution in [3.8, 4) is 0 Å². The average molecular weight is 254 g/mol. The zero-order valence-corrected chi connectivity index (χ0v) is 10.9. The quantitative estimate of drug-likeness (QED) is 0.807. The first-order valence-corrected chi connectivity index (χ1v) is 6.87. The van der Waals surface area contributed by atoms with Gasteiger partial charge in [0.05, 0.1) is 6.42 Å². The van der Waals surface area contributed by atoms with Crippen LogP contribution in [0.4, 0.5) is 4.79 Å². The van der Waals surface area contributed by atoms with Crippen molar-refractivity contribution in [2.75, 3.05) is 6.54 Å². The molecule has 5 heteroatoms. The predicted molar refractivity (Wildman–Crippen MR) is 67.3 cm³/mol. The Morgan fingerprint density at radius 3 is 2.67 bits per heavy atom. The molecule has 3 unspecified atom stereocenters. The molecule has 2 aliphatic rings. The molecule has 5 nitrogen and oxygen atoms in total. The van der Waals surface area contributed by atoms with E-state index in [4.69, 9.17) is 5.11 Å². The monoisotopic (exact) mass is 254 g/mol. The summed E-state index contributed by atoms with van der Waals surface area (Å²) in [5, 5.41) is 11.9. The smallest absolute Gasteiger partial charge is 0.317 e. The highest BCUT2D eigenvalue weighted by Crippen LogP contribution is 2.26. The Bertz CT molecular complexity index is 332. The van der Waals surface area contributed by atoms with E-state index in [1.165, 1.54) is 12.8 Å². The van der Waals surface area contributed by atoms with E-state index < -0.39 is 5.97 Å². The van der Waals surface area contributed by atoms with Gasteiger partial charge in [-0.25, -0.2) is 4.79 Å². The van der Waals surface area contributed by atoms with Crippen LogP contribution in [0.5, 0.6) is 0 Å². The van der Waals surface area contributed by atoms with Gasteiger partial charge in [0.15, 0.2) is 0 Å². The molecule has 0 bridgehead atoms. The van der Waals surface area contributed by atoms with Crippen LogP contribution in [0.2, 0.25) is 0 Å². The first-order valence-electron chi connectivity index (χ1n) is 6.87. The normalized spacial score (nSPS) is 31.6. The number of carboxylic acids is 1. The highest BCUT2D eigenvalue weighted by Gasteiger charge is 2.33. The molecule has 3 atom stereocenters. The molecule has 1 heterocycles. The lowest BCUT2D eigenvalue weighted by atomic mass is 10.1. The number of urea groups is 1. The maximum absolute atomic E-state index is 12.2. The number of amides is 2. The molecule has 102 valence electrons. The number of aliphatic carboxylic acids is 1. The number of carboxylic acid groups (broad SMARTS) is 1. The number of likely N-dealkylation sites (tertiary alicyclic amines) is 1. The van der Waals surface area contributed by atoms with Crippen molar-refractivity contribution in [1.82, 2.24) is 10.2 Å². The lowest BCUT2D eigenvalue weighted by molar-refractivity contribution is -0.137. The summed E-state index contributed by atoms with van der Waals surface area (Å²) in [6.07, 6.45) is 5.16. The number of hydrogen-bond acceptors (Lipinski definition) is 2. The highest BCUT2D eigenvalue weighted by molar-refractivity contribution is 5.76. The lowest BCUT2D eigenvalue weighted by Crippen LogP contribution is -2.48. The summed E-state index contributed by atoms with van der Waals surface area (Å²) in [6, 6.07) is 0.0697. The second kappa shape index (κ2) is 5.59. The second-order valence-electron chi connectivity index (χ2n) is 5.55. The molecule has 2 fully saturated rings. The molecule has 0 spiro atoms. The van der Waals surface area contributed by atoms with Gasteiger partial charge in [0.2, 0.25) is 0 Å². The lowest BCUT2D eigenvalue weighted by Gasteiger charge is -2.27.